The largest absolute Gasteiger partial charge is 0.379 e. The number of aryl methyl sites for hydroxylation is 1. The molecular formula is C24H28FN5O2. The van der Waals surface area contributed by atoms with Crippen LogP contribution in [0.1, 0.15) is 17.3 Å². The van der Waals surface area contributed by atoms with Crippen molar-refractivity contribution in [3.63, 3.8) is 0 Å². The Labute approximate surface area is 187 Å². The van der Waals surface area contributed by atoms with Crippen molar-refractivity contribution in [2.45, 2.75) is 13.0 Å². The lowest BCUT2D eigenvalue weighted by Gasteiger charge is -2.31. The van der Waals surface area contributed by atoms with Gasteiger partial charge in [0.25, 0.3) is 0 Å². The van der Waals surface area contributed by atoms with Crippen molar-refractivity contribution in [3.05, 3.63) is 77.7 Å². The summed E-state index contributed by atoms with van der Waals surface area (Å²) in [5, 5.41) is 10.8. The van der Waals surface area contributed by atoms with Crippen molar-refractivity contribution < 1.29 is 13.9 Å². The van der Waals surface area contributed by atoms with Crippen LogP contribution in [0.3, 0.4) is 0 Å². The van der Waals surface area contributed by atoms with Gasteiger partial charge in [-0.15, -0.1) is 0 Å². The Kier molecular flexibility index (Phi) is 7.26. The maximum absolute atomic E-state index is 13.3. The van der Waals surface area contributed by atoms with Crippen LogP contribution in [0.2, 0.25) is 0 Å². The Balaban J connectivity index is 1.42. The van der Waals surface area contributed by atoms with Gasteiger partial charge in [-0.25, -0.2) is 9.07 Å². The number of carbonyl (C=O) groups is 1. The molecule has 0 aliphatic carbocycles. The molecule has 2 aromatic carbocycles. The number of hydrogen-bond acceptors (Lipinski definition) is 5. The molecule has 4 rings (SSSR count). The van der Waals surface area contributed by atoms with Crippen LogP contribution in [0.25, 0.3) is 5.69 Å². The lowest BCUT2D eigenvalue weighted by Crippen LogP contribution is -2.43. The second-order valence-electron chi connectivity index (χ2n) is 7.86. The Morgan fingerprint density at radius 1 is 1.12 bits per heavy atom. The SMILES string of the molecule is Cc1cc(NC(=O)CNC(CN2CCOCC2)c2ccccc2)n(-c2ccc(F)cc2)n1. The number of ether oxygens (including phenoxy) is 1. The van der Waals surface area contributed by atoms with Crippen molar-refractivity contribution in [3.8, 4) is 5.69 Å². The molecule has 2 N–H and O–H groups in total. The molecule has 7 nitrogen and oxygen atoms in total. The molecule has 0 radical (unpaired) electrons. The average Bonchev–Trinajstić information content (AvgIpc) is 3.18. The fourth-order valence-corrected chi connectivity index (χ4v) is 3.79. The van der Waals surface area contributed by atoms with E-state index in [0.29, 0.717) is 11.5 Å². The Bertz CT molecular complexity index is 1020. The second-order valence-corrected chi connectivity index (χ2v) is 7.86. The van der Waals surface area contributed by atoms with Crippen molar-refractivity contribution in [2.24, 2.45) is 0 Å². The molecule has 1 saturated heterocycles. The minimum Gasteiger partial charge on any atom is -0.379 e. The maximum atomic E-state index is 13.3. The first kappa shape index (κ1) is 22.1. The molecule has 32 heavy (non-hydrogen) atoms. The number of hydrogen-bond donors (Lipinski definition) is 2. The van der Waals surface area contributed by atoms with E-state index in [-0.39, 0.29) is 24.3 Å². The average molecular weight is 438 g/mol. The van der Waals surface area contributed by atoms with Crippen molar-refractivity contribution in [1.82, 2.24) is 20.0 Å². The monoisotopic (exact) mass is 437 g/mol. The number of aromatic nitrogens is 2. The molecule has 168 valence electrons. The van der Waals surface area contributed by atoms with Crippen molar-refractivity contribution in [2.75, 3.05) is 44.7 Å². The topological polar surface area (TPSA) is 71.4 Å². The maximum Gasteiger partial charge on any atom is 0.239 e. The van der Waals surface area contributed by atoms with Gasteiger partial charge in [-0.05, 0) is 36.8 Å². The van der Waals surface area contributed by atoms with Crippen LogP contribution >= 0.6 is 0 Å². The lowest BCUT2D eigenvalue weighted by atomic mass is 10.1. The number of halogens is 1. The number of rotatable bonds is 8. The van der Waals surface area contributed by atoms with Crippen LogP contribution in [-0.2, 0) is 9.53 Å². The highest BCUT2D eigenvalue weighted by atomic mass is 19.1. The standard InChI is InChI=1S/C24H28FN5O2/c1-18-15-23(30(28-18)21-9-7-20(25)8-10-21)27-24(31)16-26-22(19-5-3-2-4-6-19)17-29-11-13-32-14-12-29/h2-10,15,22,26H,11-14,16-17H2,1H3,(H,27,31). The molecular weight excluding hydrogens is 409 g/mol. The molecule has 8 heteroatoms. The van der Waals surface area contributed by atoms with Crippen LogP contribution in [0.5, 0.6) is 0 Å². The first-order valence-electron chi connectivity index (χ1n) is 10.8. The first-order valence-corrected chi connectivity index (χ1v) is 10.8. The summed E-state index contributed by atoms with van der Waals surface area (Å²) in [5.41, 5.74) is 2.57. The highest BCUT2D eigenvalue weighted by Gasteiger charge is 2.19. The smallest absolute Gasteiger partial charge is 0.239 e. The highest BCUT2D eigenvalue weighted by molar-refractivity contribution is 5.91. The van der Waals surface area contributed by atoms with Crippen LogP contribution in [0, 0.1) is 12.7 Å². The van der Waals surface area contributed by atoms with E-state index in [1.807, 2.05) is 25.1 Å². The molecule has 2 heterocycles. The fourth-order valence-electron chi connectivity index (χ4n) is 3.79. The van der Waals surface area contributed by atoms with E-state index in [4.69, 9.17) is 4.74 Å². The molecule has 1 aromatic heterocycles. The quantitative estimate of drug-likeness (QED) is 0.567. The van der Waals surface area contributed by atoms with E-state index in [1.54, 1.807) is 22.9 Å². The number of carbonyl (C=O) groups excluding carboxylic acids is 1. The van der Waals surface area contributed by atoms with Crippen LogP contribution in [0.4, 0.5) is 10.2 Å². The summed E-state index contributed by atoms with van der Waals surface area (Å²) in [7, 11) is 0. The lowest BCUT2D eigenvalue weighted by molar-refractivity contribution is -0.115. The zero-order valence-electron chi connectivity index (χ0n) is 18.1. The number of nitrogens with zero attached hydrogens (tertiary/aromatic N) is 3. The zero-order valence-corrected chi connectivity index (χ0v) is 18.1. The number of benzene rings is 2. The van der Waals surface area contributed by atoms with Crippen molar-refractivity contribution in [1.29, 1.82) is 0 Å². The Morgan fingerprint density at radius 2 is 1.84 bits per heavy atom. The summed E-state index contributed by atoms with van der Waals surface area (Å²) in [5.74, 6) is 0.0566. The third-order valence-electron chi connectivity index (χ3n) is 5.43. The first-order chi connectivity index (χ1) is 15.6. The van der Waals surface area contributed by atoms with Gasteiger partial charge in [0, 0.05) is 31.7 Å². The predicted octanol–water partition coefficient (Wildman–Crippen LogP) is 2.92. The molecule has 1 aliphatic heterocycles. The van der Waals surface area contributed by atoms with Crippen LogP contribution in [-0.4, -0.2) is 60.0 Å². The van der Waals surface area contributed by atoms with Crippen LogP contribution in [0.15, 0.2) is 60.7 Å². The molecule has 1 amide bonds. The molecule has 1 fully saturated rings. The fraction of sp³-hybridized carbons (Fsp3) is 0.333. The van der Waals surface area contributed by atoms with Gasteiger partial charge in [0.2, 0.25) is 5.91 Å². The third-order valence-corrected chi connectivity index (χ3v) is 5.43. The van der Waals surface area contributed by atoms with Gasteiger partial charge in [0.15, 0.2) is 0 Å². The summed E-state index contributed by atoms with van der Waals surface area (Å²) < 4.78 is 20.3. The normalized spacial score (nSPS) is 15.4. The van der Waals surface area contributed by atoms with Gasteiger partial charge in [-0.3, -0.25) is 9.69 Å². The molecule has 0 bridgehead atoms. The molecule has 3 aromatic rings. The van der Waals surface area contributed by atoms with Gasteiger partial charge < -0.3 is 15.4 Å². The van der Waals surface area contributed by atoms with Gasteiger partial charge in [0.1, 0.15) is 11.6 Å². The summed E-state index contributed by atoms with van der Waals surface area (Å²) in [6.45, 7) is 6.02. The highest BCUT2D eigenvalue weighted by Crippen LogP contribution is 2.18. The summed E-state index contributed by atoms with van der Waals surface area (Å²) in [6.07, 6.45) is 0. The van der Waals surface area contributed by atoms with E-state index in [1.165, 1.54) is 12.1 Å². The third kappa shape index (κ3) is 5.79. The van der Waals surface area contributed by atoms with E-state index in [0.717, 1.165) is 44.1 Å². The summed E-state index contributed by atoms with van der Waals surface area (Å²) in [6, 6.07) is 18.0. The second kappa shape index (κ2) is 10.5. The molecule has 1 atom stereocenters. The number of anilines is 1. The number of amides is 1. The van der Waals surface area contributed by atoms with Crippen LogP contribution < -0.4 is 10.6 Å². The van der Waals surface area contributed by atoms with E-state index in [9.17, 15) is 9.18 Å². The number of nitrogens with one attached hydrogen (secondary N) is 2. The number of morpholine rings is 1. The molecule has 0 spiro atoms. The Hall–Kier alpha value is -3.07. The zero-order chi connectivity index (χ0) is 22.3. The molecule has 0 saturated carbocycles. The van der Waals surface area contributed by atoms with Gasteiger partial charge >= 0.3 is 0 Å². The van der Waals surface area contributed by atoms with Gasteiger partial charge in [-0.2, -0.15) is 5.10 Å². The van der Waals surface area contributed by atoms with Gasteiger partial charge in [0.05, 0.1) is 31.1 Å². The van der Waals surface area contributed by atoms with Gasteiger partial charge in [-0.1, -0.05) is 30.3 Å². The van der Waals surface area contributed by atoms with Crippen molar-refractivity contribution >= 4 is 11.7 Å². The van der Waals surface area contributed by atoms with E-state index >= 15 is 0 Å². The molecule has 1 unspecified atom stereocenters. The summed E-state index contributed by atoms with van der Waals surface area (Å²) >= 11 is 0. The van der Waals surface area contributed by atoms with E-state index in [2.05, 4.69) is 32.8 Å². The minimum atomic E-state index is -0.320. The summed E-state index contributed by atoms with van der Waals surface area (Å²) in [4.78, 5) is 15.1. The molecule has 1 aliphatic rings. The van der Waals surface area contributed by atoms with E-state index < -0.39 is 0 Å². The Morgan fingerprint density at radius 3 is 2.56 bits per heavy atom. The predicted molar refractivity (Wildman–Crippen MR) is 121 cm³/mol. The minimum absolute atomic E-state index is 0.0174.